The highest BCUT2D eigenvalue weighted by Gasteiger charge is 2.33. The number of hydrogen-bond donors (Lipinski definition) is 1. The lowest BCUT2D eigenvalue weighted by atomic mass is 10.3. The van der Waals surface area contributed by atoms with Gasteiger partial charge in [-0.05, 0) is 18.2 Å². The third kappa shape index (κ3) is 3.73. The molecule has 3 rings (SSSR count). The fourth-order valence-electron chi connectivity index (χ4n) is 2.21. The van der Waals surface area contributed by atoms with Crippen LogP contribution in [0.4, 0.5) is 13.2 Å². The first-order chi connectivity index (χ1) is 12.5. The number of alkyl halides is 3. The molecule has 0 spiro atoms. The fourth-order valence-corrected chi connectivity index (χ4v) is 3.69. The summed E-state index contributed by atoms with van der Waals surface area (Å²) in [4.78, 5) is 15.9. The third-order valence-corrected chi connectivity index (χ3v) is 5.43. The average Bonchev–Trinajstić information content (AvgIpc) is 2.92. The van der Waals surface area contributed by atoms with Gasteiger partial charge in [-0.15, -0.1) is 0 Å². The van der Waals surface area contributed by atoms with Crippen LogP contribution in [0.2, 0.25) is 10.2 Å². The minimum Gasteiger partial charge on any atom is -0.288 e. The molecule has 6 nitrogen and oxygen atoms in total. The summed E-state index contributed by atoms with van der Waals surface area (Å²) in [6.45, 7) is 0. The number of nitrogens with zero attached hydrogens (tertiary/aromatic N) is 2. The molecule has 1 aromatic carbocycles. The Bertz CT molecular complexity index is 1150. The number of benzene rings is 1. The van der Waals surface area contributed by atoms with Crippen LogP contribution < -0.4 is 4.72 Å². The Morgan fingerprint density at radius 3 is 2.37 bits per heavy atom. The number of amides is 1. The van der Waals surface area contributed by atoms with Gasteiger partial charge in [-0.2, -0.15) is 13.2 Å². The lowest BCUT2D eigenvalue weighted by Crippen LogP contribution is -2.31. The van der Waals surface area contributed by atoms with Crippen LogP contribution in [0.1, 0.15) is 16.1 Å². The minimum atomic E-state index is -4.70. The number of imidazole rings is 1. The number of carbonyl (C=O) groups is 1. The van der Waals surface area contributed by atoms with Gasteiger partial charge in [0.25, 0.3) is 15.9 Å². The van der Waals surface area contributed by atoms with Crippen molar-refractivity contribution < 1.29 is 26.4 Å². The number of halogens is 5. The lowest BCUT2D eigenvalue weighted by Gasteiger charge is -2.08. The molecule has 0 atom stereocenters. The van der Waals surface area contributed by atoms with E-state index in [1.54, 1.807) is 10.8 Å². The van der Waals surface area contributed by atoms with Crippen molar-refractivity contribution >= 4 is 44.8 Å². The van der Waals surface area contributed by atoms with E-state index in [1.807, 2.05) is 0 Å². The van der Waals surface area contributed by atoms with Gasteiger partial charge >= 0.3 is 6.18 Å². The Morgan fingerprint density at radius 1 is 1.15 bits per heavy atom. The number of rotatable bonds is 3. The normalized spacial score (nSPS) is 12.3. The summed E-state index contributed by atoms with van der Waals surface area (Å²) in [5.74, 6) is -1.21. The average molecular weight is 438 g/mol. The highest BCUT2D eigenvalue weighted by Crippen LogP contribution is 2.34. The van der Waals surface area contributed by atoms with E-state index in [1.165, 1.54) is 24.3 Å². The molecule has 27 heavy (non-hydrogen) atoms. The number of sulfonamides is 1. The Balaban J connectivity index is 2.03. The topological polar surface area (TPSA) is 80.5 Å². The Labute approximate surface area is 160 Å². The van der Waals surface area contributed by atoms with Crippen LogP contribution >= 0.6 is 23.2 Å². The summed E-state index contributed by atoms with van der Waals surface area (Å²) in [5.41, 5.74) is -1.92. The maximum absolute atomic E-state index is 12.9. The van der Waals surface area contributed by atoms with Crippen LogP contribution in [0.25, 0.3) is 5.65 Å². The molecule has 1 N–H and O–H groups in total. The molecule has 0 unspecified atom stereocenters. The second-order valence-corrected chi connectivity index (χ2v) is 7.71. The molecule has 3 aromatic rings. The molecular weight excluding hydrogens is 430 g/mol. The second-order valence-electron chi connectivity index (χ2n) is 5.27. The first-order valence-corrected chi connectivity index (χ1v) is 9.31. The fraction of sp³-hybridized carbons (Fsp3) is 0.0667. The molecule has 0 aliphatic carbocycles. The third-order valence-electron chi connectivity index (χ3n) is 3.44. The highest BCUT2D eigenvalue weighted by molar-refractivity contribution is 7.90. The van der Waals surface area contributed by atoms with Gasteiger partial charge in [-0.3, -0.25) is 9.20 Å². The van der Waals surface area contributed by atoms with E-state index < -0.39 is 43.5 Å². The van der Waals surface area contributed by atoms with E-state index in [2.05, 4.69) is 4.98 Å². The zero-order valence-corrected chi connectivity index (χ0v) is 15.3. The molecule has 0 bridgehead atoms. The molecule has 12 heteroatoms. The lowest BCUT2D eigenvalue weighted by molar-refractivity contribution is -0.137. The molecule has 0 aliphatic rings. The van der Waals surface area contributed by atoms with Crippen molar-refractivity contribution in [1.29, 1.82) is 0 Å². The van der Waals surface area contributed by atoms with Gasteiger partial charge in [-0.1, -0.05) is 41.4 Å². The van der Waals surface area contributed by atoms with Crippen LogP contribution in [-0.4, -0.2) is 23.7 Å². The van der Waals surface area contributed by atoms with Gasteiger partial charge in [0, 0.05) is 6.20 Å². The molecule has 2 heterocycles. The van der Waals surface area contributed by atoms with E-state index in [4.69, 9.17) is 23.2 Å². The van der Waals surface area contributed by atoms with Gasteiger partial charge in [0.05, 0.1) is 15.5 Å². The number of carbonyl (C=O) groups excluding carboxylic acids is 1. The van der Waals surface area contributed by atoms with Crippen LogP contribution in [0, 0.1) is 0 Å². The maximum Gasteiger partial charge on any atom is 0.417 e. The van der Waals surface area contributed by atoms with E-state index in [0.717, 1.165) is 4.40 Å². The summed E-state index contributed by atoms with van der Waals surface area (Å²) >= 11 is 11.7. The maximum atomic E-state index is 12.9. The van der Waals surface area contributed by atoms with Crippen molar-refractivity contribution in [3.05, 3.63) is 64.0 Å². The molecule has 2 aromatic heterocycles. The summed E-state index contributed by atoms with van der Waals surface area (Å²) in [6, 6.07) is 7.63. The minimum absolute atomic E-state index is 0.185. The smallest absolute Gasteiger partial charge is 0.288 e. The largest absolute Gasteiger partial charge is 0.417 e. The summed E-state index contributed by atoms with van der Waals surface area (Å²) in [5, 5.41) is -0.921. The number of aromatic nitrogens is 2. The van der Waals surface area contributed by atoms with Gasteiger partial charge in [-0.25, -0.2) is 18.1 Å². The van der Waals surface area contributed by atoms with E-state index in [0.29, 0.717) is 12.3 Å². The van der Waals surface area contributed by atoms with Crippen molar-refractivity contribution in [2.75, 3.05) is 0 Å². The Morgan fingerprint density at radius 2 is 1.78 bits per heavy atom. The van der Waals surface area contributed by atoms with Gasteiger partial charge < -0.3 is 0 Å². The number of nitrogens with one attached hydrogen (secondary N) is 1. The molecular formula is C15H8Cl2F3N3O3S. The van der Waals surface area contributed by atoms with Crippen LogP contribution in [0.3, 0.4) is 0 Å². The zero-order chi connectivity index (χ0) is 20.0. The van der Waals surface area contributed by atoms with E-state index in [9.17, 15) is 26.4 Å². The van der Waals surface area contributed by atoms with Gasteiger partial charge in [0.1, 0.15) is 5.15 Å². The molecule has 0 saturated heterocycles. The predicted molar refractivity (Wildman–Crippen MR) is 91.3 cm³/mol. The molecule has 0 saturated carbocycles. The van der Waals surface area contributed by atoms with E-state index in [-0.39, 0.29) is 10.5 Å². The Kier molecular flexibility index (Phi) is 4.83. The van der Waals surface area contributed by atoms with Crippen LogP contribution in [0.15, 0.2) is 47.5 Å². The van der Waals surface area contributed by atoms with Gasteiger partial charge in [0.15, 0.2) is 11.3 Å². The second kappa shape index (κ2) is 6.70. The molecule has 0 aliphatic heterocycles. The zero-order valence-electron chi connectivity index (χ0n) is 13.0. The summed E-state index contributed by atoms with van der Waals surface area (Å²) in [7, 11) is -4.22. The highest BCUT2D eigenvalue weighted by atomic mass is 35.5. The molecule has 1 amide bonds. The number of hydrogen-bond acceptors (Lipinski definition) is 4. The Hall–Kier alpha value is -2.30. The van der Waals surface area contributed by atoms with Crippen LogP contribution in [-0.2, 0) is 16.2 Å². The first kappa shape index (κ1) is 19.5. The monoisotopic (exact) mass is 437 g/mol. The summed E-state index contributed by atoms with van der Waals surface area (Å²) in [6.07, 6.45) is -4.09. The van der Waals surface area contributed by atoms with Crippen molar-refractivity contribution in [3.8, 4) is 0 Å². The van der Waals surface area contributed by atoms with Crippen molar-refractivity contribution in [2.24, 2.45) is 0 Å². The molecule has 142 valence electrons. The van der Waals surface area contributed by atoms with Crippen molar-refractivity contribution in [2.45, 2.75) is 11.1 Å². The number of pyridine rings is 1. The van der Waals surface area contributed by atoms with E-state index >= 15 is 0 Å². The first-order valence-electron chi connectivity index (χ1n) is 7.07. The summed E-state index contributed by atoms with van der Waals surface area (Å²) < 4.78 is 65.7. The predicted octanol–water partition coefficient (Wildman–Crippen LogP) is 3.78. The SMILES string of the molecule is O=C(NS(=O)(=O)c1ccccc1)c1nc2c(Cl)cc(C(F)(F)F)cn2c1Cl. The number of fused-ring (bicyclic) bond motifs is 1. The molecule has 0 radical (unpaired) electrons. The van der Waals surface area contributed by atoms with Crippen LogP contribution in [0.5, 0.6) is 0 Å². The standard InChI is InChI=1S/C15H8Cl2F3N3O3S/c16-10-6-8(15(18,19)20)7-23-12(17)11(21-13(10)23)14(24)22-27(25,26)9-4-2-1-3-5-9/h1-7H,(H,22,24). The molecule has 0 fully saturated rings. The van der Waals surface area contributed by atoms with Crippen molar-refractivity contribution in [1.82, 2.24) is 14.1 Å². The van der Waals surface area contributed by atoms with Crippen molar-refractivity contribution in [3.63, 3.8) is 0 Å². The van der Waals surface area contributed by atoms with Gasteiger partial charge in [0.2, 0.25) is 0 Å². The quantitative estimate of drug-likeness (QED) is 0.675.